The van der Waals surface area contributed by atoms with Gasteiger partial charge >= 0.3 is 0 Å². The van der Waals surface area contributed by atoms with Gasteiger partial charge in [-0.1, -0.05) is 25.0 Å². The van der Waals surface area contributed by atoms with Gasteiger partial charge in [0.1, 0.15) is 0 Å². The van der Waals surface area contributed by atoms with Crippen LogP contribution in [-0.2, 0) is 9.53 Å². The largest absolute Gasteiger partial charge is 0.378 e. The fourth-order valence-corrected chi connectivity index (χ4v) is 3.78. The maximum atomic E-state index is 12.6. The van der Waals surface area contributed by atoms with Gasteiger partial charge < -0.3 is 9.64 Å². The van der Waals surface area contributed by atoms with Crippen LogP contribution < -0.4 is 0 Å². The molecule has 2 fully saturated rings. The van der Waals surface area contributed by atoms with Gasteiger partial charge in [0, 0.05) is 13.1 Å². The van der Waals surface area contributed by atoms with E-state index in [1.54, 1.807) is 11.1 Å². The van der Waals surface area contributed by atoms with Gasteiger partial charge in [-0.3, -0.25) is 4.79 Å². The maximum Gasteiger partial charge on any atom is 0.229 e. The summed E-state index contributed by atoms with van der Waals surface area (Å²) in [5, 5.41) is 0. The Kier molecular flexibility index (Phi) is 2.97. The first-order valence-electron chi connectivity index (χ1n) is 7.20. The molecule has 1 amide bonds. The van der Waals surface area contributed by atoms with Crippen LogP contribution >= 0.6 is 0 Å². The van der Waals surface area contributed by atoms with E-state index in [1.807, 2.05) is 4.90 Å². The summed E-state index contributed by atoms with van der Waals surface area (Å²) in [6.07, 6.45) is 4.29. The fraction of sp³-hybridized carbons (Fsp3) is 0.800. The molecule has 4 aliphatic rings. The molecule has 0 aromatic carbocycles. The van der Waals surface area contributed by atoms with Crippen molar-refractivity contribution in [1.82, 2.24) is 4.90 Å². The molecule has 0 aromatic heterocycles. The number of hydrogen-bond donors (Lipinski definition) is 0. The number of hydrogen-bond acceptors (Lipinski definition) is 2. The highest BCUT2D eigenvalue weighted by Gasteiger charge is 2.52. The zero-order chi connectivity index (χ0) is 12.8. The molecule has 3 heteroatoms. The summed E-state index contributed by atoms with van der Waals surface area (Å²) in [5.41, 5.74) is 3.19. The van der Waals surface area contributed by atoms with Crippen LogP contribution in [0.5, 0.6) is 0 Å². The van der Waals surface area contributed by atoms with Crippen LogP contribution in [0.2, 0.25) is 0 Å². The van der Waals surface area contributed by atoms with Crippen LogP contribution in [0, 0.1) is 11.3 Å². The molecule has 0 unspecified atom stereocenters. The zero-order valence-corrected chi connectivity index (χ0v) is 11.5. The topological polar surface area (TPSA) is 29.5 Å². The van der Waals surface area contributed by atoms with Gasteiger partial charge in [0.2, 0.25) is 5.91 Å². The summed E-state index contributed by atoms with van der Waals surface area (Å²) >= 11 is 0. The van der Waals surface area contributed by atoms with E-state index in [0.717, 1.165) is 38.8 Å². The summed E-state index contributed by atoms with van der Waals surface area (Å²) in [4.78, 5) is 14.7. The van der Waals surface area contributed by atoms with E-state index in [4.69, 9.17) is 4.74 Å². The summed E-state index contributed by atoms with van der Waals surface area (Å²) in [7, 11) is 0. The molecule has 0 spiro atoms. The van der Waals surface area contributed by atoms with Crippen molar-refractivity contribution >= 4 is 5.91 Å². The monoisotopic (exact) mass is 249 g/mol. The Bertz CT molecular complexity index is 383. The zero-order valence-electron chi connectivity index (χ0n) is 11.5. The van der Waals surface area contributed by atoms with E-state index in [0.29, 0.717) is 25.0 Å². The number of ether oxygens (including phenoxy) is 1. The Labute approximate surface area is 109 Å². The number of nitrogens with zero attached hydrogens (tertiary/aromatic N) is 1. The van der Waals surface area contributed by atoms with Gasteiger partial charge in [0.25, 0.3) is 0 Å². The molecule has 4 rings (SSSR count). The molecule has 0 atom stereocenters. The van der Waals surface area contributed by atoms with Crippen LogP contribution in [0.15, 0.2) is 11.1 Å². The van der Waals surface area contributed by atoms with Crippen molar-refractivity contribution in [3.63, 3.8) is 0 Å². The number of allylic oxidation sites excluding steroid dienone is 2. The van der Waals surface area contributed by atoms with Crippen LogP contribution in [0.4, 0.5) is 0 Å². The molecule has 1 saturated heterocycles. The second kappa shape index (κ2) is 4.37. The molecule has 100 valence electrons. The smallest absolute Gasteiger partial charge is 0.229 e. The number of fused-ring (bicyclic) bond motifs is 2. The summed E-state index contributed by atoms with van der Waals surface area (Å²) in [6.45, 7) is 7.55. The molecule has 2 bridgehead atoms. The predicted molar refractivity (Wildman–Crippen MR) is 70.2 cm³/mol. The quantitative estimate of drug-likeness (QED) is 0.703. The average molecular weight is 249 g/mol. The van der Waals surface area contributed by atoms with Gasteiger partial charge in [-0.2, -0.15) is 0 Å². The third-order valence-electron chi connectivity index (χ3n) is 4.88. The van der Waals surface area contributed by atoms with E-state index < -0.39 is 0 Å². The Hall–Kier alpha value is -0.830. The van der Waals surface area contributed by atoms with Gasteiger partial charge in [0.05, 0.1) is 18.6 Å². The van der Waals surface area contributed by atoms with Crippen molar-refractivity contribution in [2.24, 2.45) is 11.3 Å². The van der Waals surface area contributed by atoms with Crippen LogP contribution in [-0.4, -0.2) is 37.1 Å². The predicted octanol–water partition coefficient (Wildman–Crippen LogP) is 2.37. The maximum absolute atomic E-state index is 12.6. The molecular weight excluding hydrogens is 226 g/mol. The van der Waals surface area contributed by atoms with Crippen molar-refractivity contribution in [3.8, 4) is 0 Å². The second-order valence-corrected chi connectivity index (χ2v) is 6.32. The molecule has 0 N–H and O–H groups in total. The van der Waals surface area contributed by atoms with E-state index in [2.05, 4.69) is 13.8 Å². The van der Waals surface area contributed by atoms with Crippen molar-refractivity contribution in [3.05, 3.63) is 11.1 Å². The highest BCUT2D eigenvalue weighted by atomic mass is 16.5. The van der Waals surface area contributed by atoms with Crippen LogP contribution in [0.3, 0.4) is 0 Å². The van der Waals surface area contributed by atoms with Crippen molar-refractivity contribution in [1.29, 1.82) is 0 Å². The minimum absolute atomic E-state index is 0.0228. The van der Waals surface area contributed by atoms with Crippen molar-refractivity contribution < 1.29 is 9.53 Å². The lowest BCUT2D eigenvalue weighted by Gasteiger charge is -2.51. The molecule has 1 saturated carbocycles. The molecule has 0 radical (unpaired) electrons. The minimum Gasteiger partial charge on any atom is -0.378 e. The normalized spacial score (nSPS) is 26.3. The third-order valence-corrected chi connectivity index (χ3v) is 4.88. The van der Waals surface area contributed by atoms with Gasteiger partial charge in [-0.25, -0.2) is 0 Å². The minimum atomic E-state index is -0.0228. The van der Waals surface area contributed by atoms with E-state index in [-0.39, 0.29) is 5.41 Å². The van der Waals surface area contributed by atoms with Crippen LogP contribution in [0.25, 0.3) is 0 Å². The first-order valence-corrected chi connectivity index (χ1v) is 7.20. The van der Waals surface area contributed by atoms with Gasteiger partial charge in [-0.05, 0) is 31.6 Å². The lowest BCUT2D eigenvalue weighted by atomic mass is 9.55. The van der Waals surface area contributed by atoms with E-state index >= 15 is 0 Å². The summed E-state index contributed by atoms with van der Waals surface area (Å²) < 4.78 is 5.33. The average Bonchev–Trinajstić information content (AvgIpc) is 2.37. The number of carbonyl (C=O) groups is 1. The van der Waals surface area contributed by atoms with Crippen LogP contribution in [0.1, 0.15) is 39.5 Å². The Balaban J connectivity index is 1.71. The summed E-state index contributed by atoms with van der Waals surface area (Å²) in [6, 6.07) is 0. The molecule has 1 heterocycles. The van der Waals surface area contributed by atoms with Gasteiger partial charge in [0.15, 0.2) is 0 Å². The number of amides is 1. The highest BCUT2D eigenvalue weighted by Crippen LogP contribution is 2.57. The van der Waals surface area contributed by atoms with Crippen molar-refractivity contribution in [2.75, 3.05) is 26.3 Å². The standard InChI is InChI=1S/C15H23NO2/c1-11(2)13-3-4-15(9-12(13)10-15)14(17)16-5-7-18-8-6-16/h11H,3-10H2,1-2H3. The molecule has 18 heavy (non-hydrogen) atoms. The number of morpholine rings is 1. The first-order chi connectivity index (χ1) is 8.62. The molecule has 0 aromatic rings. The highest BCUT2D eigenvalue weighted by molar-refractivity contribution is 5.86. The molecule has 3 aliphatic carbocycles. The molecule has 3 nitrogen and oxygen atoms in total. The first kappa shape index (κ1) is 12.2. The number of carbonyl (C=O) groups excluding carboxylic acids is 1. The lowest BCUT2D eigenvalue weighted by molar-refractivity contribution is -0.150. The Morgan fingerprint density at radius 2 is 1.94 bits per heavy atom. The third kappa shape index (κ3) is 1.80. The van der Waals surface area contributed by atoms with E-state index in [1.165, 1.54) is 0 Å². The molecular formula is C15H23NO2. The van der Waals surface area contributed by atoms with Gasteiger partial charge in [-0.15, -0.1) is 0 Å². The Morgan fingerprint density at radius 3 is 2.44 bits per heavy atom. The fourth-order valence-electron chi connectivity index (χ4n) is 3.78. The summed E-state index contributed by atoms with van der Waals surface area (Å²) in [5.74, 6) is 1.06. The SMILES string of the molecule is CC(C)C1=C2CC(C(=O)N3CCOCC3)(CC1)C2. The Morgan fingerprint density at radius 1 is 1.28 bits per heavy atom. The van der Waals surface area contributed by atoms with E-state index in [9.17, 15) is 4.79 Å². The molecule has 1 aliphatic heterocycles. The lowest BCUT2D eigenvalue weighted by Crippen LogP contribution is -2.53. The second-order valence-electron chi connectivity index (χ2n) is 6.32. The number of rotatable bonds is 2. The van der Waals surface area contributed by atoms with Crippen molar-refractivity contribution in [2.45, 2.75) is 39.5 Å².